The highest BCUT2D eigenvalue weighted by Gasteiger charge is 2.41. The van der Waals surface area contributed by atoms with Crippen LogP contribution >= 0.6 is 0 Å². The van der Waals surface area contributed by atoms with E-state index in [0.29, 0.717) is 13.1 Å². The molecule has 1 aromatic rings. The molecule has 20 heavy (non-hydrogen) atoms. The third kappa shape index (κ3) is 2.88. The van der Waals surface area contributed by atoms with Crippen molar-refractivity contribution in [3.8, 4) is 0 Å². The molecule has 6 nitrogen and oxygen atoms in total. The molecule has 112 valence electrons. The molecule has 0 bridgehead atoms. The number of aromatic nitrogens is 1. The summed E-state index contributed by atoms with van der Waals surface area (Å²) in [5.74, 6) is -1.12. The van der Waals surface area contributed by atoms with Crippen LogP contribution in [0.3, 0.4) is 0 Å². The highest BCUT2D eigenvalue weighted by molar-refractivity contribution is 7.89. The Kier molecular flexibility index (Phi) is 3.93. The van der Waals surface area contributed by atoms with Gasteiger partial charge in [0.25, 0.3) is 0 Å². The molecule has 1 aromatic heterocycles. The molecule has 0 aromatic carbocycles. The number of hydrogen-bond donors (Lipinski definition) is 2. The van der Waals surface area contributed by atoms with Crippen LogP contribution in [-0.4, -0.2) is 30.6 Å². The average molecular weight is 300 g/mol. The number of carbonyl (C=O) groups is 1. The van der Waals surface area contributed by atoms with E-state index < -0.39 is 16.0 Å². The van der Waals surface area contributed by atoms with Gasteiger partial charge < -0.3 is 9.67 Å². The van der Waals surface area contributed by atoms with Crippen LogP contribution in [0, 0.1) is 5.41 Å². The van der Waals surface area contributed by atoms with E-state index in [1.54, 1.807) is 6.92 Å². The van der Waals surface area contributed by atoms with E-state index in [2.05, 4.69) is 11.6 Å². The Morgan fingerprint density at radius 2 is 2.10 bits per heavy atom. The Hall–Kier alpha value is -1.34. The molecule has 0 spiro atoms. The van der Waals surface area contributed by atoms with Gasteiger partial charge in [-0.1, -0.05) is 6.92 Å². The largest absolute Gasteiger partial charge is 0.477 e. The highest BCUT2D eigenvalue weighted by Crippen LogP contribution is 2.48. The van der Waals surface area contributed by atoms with Crippen molar-refractivity contribution in [2.24, 2.45) is 5.41 Å². The number of aryl methyl sites for hydroxylation is 1. The van der Waals surface area contributed by atoms with Crippen molar-refractivity contribution in [3.63, 3.8) is 0 Å². The van der Waals surface area contributed by atoms with E-state index in [9.17, 15) is 13.2 Å². The Labute approximate surface area is 118 Å². The standard InChI is InChI=1S/C13H20N2O4S/c1-3-13(5-6-13)9-14-20(18,19)10-7-11(12(16)17)15(4-2)8-10/h7-8,14H,3-6,9H2,1-2H3,(H,16,17). The summed E-state index contributed by atoms with van der Waals surface area (Å²) in [6.45, 7) is 4.66. The number of nitrogens with zero attached hydrogens (tertiary/aromatic N) is 1. The van der Waals surface area contributed by atoms with E-state index >= 15 is 0 Å². The summed E-state index contributed by atoms with van der Waals surface area (Å²) in [7, 11) is -3.64. The van der Waals surface area contributed by atoms with Crippen LogP contribution < -0.4 is 4.72 Å². The minimum atomic E-state index is -3.64. The van der Waals surface area contributed by atoms with Gasteiger partial charge in [0.1, 0.15) is 10.6 Å². The van der Waals surface area contributed by atoms with Gasteiger partial charge in [-0.05, 0) is 37.7 Å². The van der Waals surface area contributed by atoms with Crippen molar-refractivity contribution in [1.82, 2.24) is 9.29 Å². The van der Waals surface area contributed by atoms with Crippen LogP contribution in [0.5, 0.6) is 0 Å². The molecular weight excluding hydrogens is 280 g/mol. The fourth-order valence-electron chi connectivity index (χ4n) is 2.23. The lowest BCUT2D eigenvalue weighted by Crippen LogP contribution is -2.29. The zero-order chi connectivity index (χ0) is 15.0. The van der Waals surface area contributed by atoms with Gasteiger partial charge in [-0.25, -0.2) is 17.9 Å². The summed E-state index contributed by atoms with van der Waals surface area (Å²) in [6, 6.07) is 1.21. The van der Waals surface area contributed by atoms with Crippen LogP contribution in [0.2, 0.25) is 0 Å². The summed E-state index contributed by atoms with van der Waals surface area (Å²) in [6.07, 6.45) is 4.41. The predicted molar refractivity (Wildman–Crippen MR) is 74.2 cm³/mol. The monoisotopic (exact) mass is 300 g/mol. The first-order valence-electron chi connectivity index (χ1n) is 6.77. The van der Waals surface area contributed by atoms with Gasteiger partial charge in [0.05, 0.1) is 0 Å². The number of carboxylic acid groups (broad SMARTS) is 1. The molecule has 1 heterocycles. The second-order valence-corrected chi connectivity index (χ2v) is 7.10. The minimum Gasteiger partial charge on any atom is -0.477 e. The Balaban J connectivity index is 2.19. The van der Waals surface area contributed by atoms with Crippen LogP contribution in [0.15, 0.2) is 17.2 Å². The molecule has 0 atom stereocenters. The zero-order valence-corrected chi connectivity index (χ0v) is 12.5. The van der Waals surface area contributed by atoms with Gasteiger partial charge >= 0.3 is 5.97 Å². The van der Waals surface area contributed by atoms with E-state index in [-0.39, 0.29) is 16.0 Å². The quantitative estimate of drug-likeness (QED) is 0.802. The first-order valence-corrected chi connectivity index (χ1v) is 8.25. The molecule has 1 aliphatic carbocycles. The van der Waals surface area contributed by atoms with Gasteiger partial charge in [-0.2, -0.15) is 0 Å². The fourth-order valence-corrected chi connectivity index (χ4v) is 3.43. The summed E-state index contributed by atoms with van der Waals surface area (Å²) >= 11 is 0. The smallest absolute Gasteiger partial charge is 0.352 e. The summed E-state index contributed by atoms with van der Waals surface area (Å²) in [5.41, 5.74) is 0.0974. The van der Waals surface area contributed by atoms with Crippen molar-refractivity contribution in [3.05, 3.63) is 18.0 Å². The van der Waals surface area contributed by atoms with Crippen molar-refractivity contribution in [1.29, 1.82) is 0 Å². The van der Waals surface area contributed by atoms with Crippen LogP contribution in [0.25, 0.3) is 0 Å². The van der Waals surface area contributed by atoms with Crippen molar-refractivity contribution >= 4 is 16.0 Å². The molecule has 0 unspecified atom stereocenters. The fraction of sp³-hybridized carbons (Fsp3) is 0.615. The van der Waals surface area contributed by atoms with Gasteiger partial charge in [-0.3, -0.25) is 0 Å². The Morgan fingerprint density at radius 3 is 2.50 bits per heavy atom. The summed E-state index contributed by atoms with van der Waals surface area (Å²) in [4.78, 5) is 11.1. The highest BCUT2D eigenvalue weighted by atomic mass is 32.2. The number of carboxylic acids is 1. The maximum Gasteiger partial charge on any atom is 0.352 e. The molecule has 0 radical (unpaired) electrons. The van der Waals surface area contributed by atoms with E-state index in [4.69, 9.17) is 5.11 Å². The Bertz CT molecular complexity index is 614. The zero-order valence-electron chi connectivity index (χ0n) is 11.7. The van der Waals surface area contributed by atoms with E-state index in [1.807, 2.05) is 0 Å². The molecule has 0 amide bonds. The van der Waals surface area contributed by atoms with Gasteiger partial charge in [0, 0.05) is 19.3 Å². The SMILES string of the molecule is CCn1cc(S(=O)(=O)NCC2(CC)CC2)cc1C(=O)O. The average Bonchev–Trinajstić information content (AvgIpc) is 3.05. The Morgan fingerprint density at radius 1 is 1.45 bits per heavy atom. The second kappa shape index (κ2) is 5.21. The van der Waals surface area contributed by atoms with Gasteiger partial charge in [-0.15, -0.1) is 0 Å². The molecule has 0 aliphatic heterocycles. The molecule has 2 rings (SSSR count). The molecule has 1 saturated carbocycles. The van der Waals surface area contributed by atoms with Crippen LogP contribution in [0.1, 0.15) is 43.6 Å². The minimum absolute atomic E-state index is 0.00972. The molecule has 2 N–H and O–H groups in total. The van der Waals surface area contributed by atoms with Gasteiger partial charge in [0.2, 0.25) is 10.0 Å². The lowest BCUT2D eigenvalue weighted by atomic mass is 10.1. The third-order valence-electron chi connectivity index (χ3n) is 4.09. The van der Waals surface area contributed by atoms with E-state index in [1.165, 1.54) is 16.8 Å². The topological polar surface area (TPSA) is 88.4 Å². The number of sulfonamides is 1. The maximum absolute atomic E-state index is 12.2. The lowest BCUT2D eigenvalue weighted by molar-refractivity contribution is 0.0685. The first kappa shape index (κ1) is 15.1. The third-order valence-corrected chi connectivity index (χ3v) is 5.45. The first-order chi connectivity index (χ1) is 9.33. The predicted octanol–water partition coefficient (Wildman–Crippen LogP) is 1.67. The number of hydrogen-bond acceptors (Lipinski definition) is 3. The summed E-state index contributed by atoms with van der Waals surface area (Å²) < 4.78 is 28.4. The lowest BCUT2D eigenvalue weighted by Gasteiger charge is -2.12. The van der Waals surface area contributed by atoms with Crippen molar-refractivity contribution < 1.29 is 18.3 Å². The molecule has 0 saturated heterocycles. The number of aromatic carboxylic acids is 1. The number of rotatable bonds is 7. The molecule has 7 heteroatoms. The van der Waals surface area contributed by atoms with Crippen molar-refractivity contribution in [2.45, 2.75) is 44.6 Å². The second-order valence-electron chi connectivity index (χ2n) is 5.33. The van der Waals surface area contributed by atoms with Crippen LogP contribution in [-0.2, 0) is 16.6 Å². The summed E-state index contributed by atoms with van der Waals surface area (Å²) in [5, 5.41) is 9.05. The van der Waals surface area contributed by atoms with Gasteiger partial charge in [0.15, 0.2) is 0 Å². The van der Waals surface area contributed by atoms with Crippen LogP contribution in [0.4, 0.5) is 0 Å². The molecule has 1 fully saturated rings. The normalized spacial score (nSPS) is 17.1. The van der Waals surface area contributed by atoms with E-state index in [0.717, 1.165) is 19.3 Å². The van der Waals surface area contributed by atoms with Crippen molar-refractivity contribution in [2.75, 3.05) is 6.54 Å². The number of nitrogens with one attached hydrogen (secondary N) is 1. The maximum atomic E-state index is 12.2. The molecule has 1 aliphatic rings. The molecular formula is C13H20N2O4S.